The van der Waals surface area contributed by atoms with Gasteiger partial charge in [0.25, 0.3) is 0 Å². The Balaban J connectivity index is 2.16. The number of anilines is 1. The third kappa shape index (κ3) is 3.09. The Labute approximate surface area is 154 Å². The zero-order valence-electron chi connectivity index (χ0n) is 13.5. The molecule has 128 valence electrons. The molecule has 0 bridgehead atoms. The Morgan fingerprint density at radius 1 is 1.35 bits per heavy atom. The van der Waals surface area contributed by atoms with Crippen molar-refractivity contribution in [1.29, 1.82) is 10.5 Å². The molecule has 0 aliphatic carbocycles. The summed E-state index contributed by atoms with van der Waals surface area (Å²) < 4.78 is 1.29. The molecule has 2 aromatic heterocycles. The van der Waals surface area contributed by atoms with E-state index in [2.05, 4.69) is 10.1 Å². The number of halogens is 1. The predicted octanol–water partition coefficient (Wildman–Crippen LogP) is 2.60. The molecule has 8 heteroatoms. The summed E-state index contributed by atoms with van der Waals surface area (Å²) in [6, 6.07) is 13.3. The maximum Gasteiger partial charge on any atom is 0.140 e. The van der Waals surface area contributed by atoms with Crippen molar-refractivity contribution in [3.8, 4) is 12.1 Å². The summed E-state index contributed by atoms with van der Waals surface area (Å²) in [4.78, 5) is 4.31. The topological polar surface area (TPSA) is 125 Å². The number of nitriles is 2. The standard InChI is InChI=1S/C18H13ClN6O/c19-17-12(7-11-3-1-2-4-15(11)23-17)8-13(9-20)16-14(10-21)18(22)25(24-16)5-6-26/h1-4,7-8,26H,5-6,22H2/b13-8+. The van der Waals surface area contributed by atoms with Crippen LogP contribution in [0, 0.1) is 22.7 Å². The minimum absolute atomic E-state index is 0.0797. The average Bonchev–Trinajstić information content (AvgIpc) is 2.95. The van der Waals surface area contributed by atoms with E-state index in [-0.39, 0.29) is 41.0 Å². The maximum atomic E-state index is 9.56. The third-order valence-corrected chi connectivity index (χ3v) is 4.10. The van der Waals surface area contributed by atoms with Crippen LogP contribution >= 0.6 is 11.6 Å². The van der Waals surface area contributed by atoms with E-state index in [4.69, 9.17) is 22.4 Å². The first-order valence-electron chi connectivity index (χ1n) is 7.63. The van der Waals surface area contributed by atoms with Crippen LogP contribution in [0.3, 0.4) is 0 Å². The Bertz CT molecular complexity index is 1100. The molecule has 0 radical (unpaired) electrons. The predicted molar refractivity (Wildman–Crippen MR) is 98.7 cm³/mol. The number of benzene rings is 1. The van der Waals surface area contributed by atoms with E-state index >= 15 is 0 Å². The number of hydrogen-bond donors (Lipinski definition) is 2. The molecular formula is C18H13ClN6O. The molecule has 0 amide bonds. The van der Waals surface area contributed by atoms with E-state index < -0.39 is 0 Å². The molecule has 1 aromatic carbocycles. The highest BCUT2D eigenvalue weighted by atomic mass is 35.5. The monoisotopic (exact) mass is 364 g/mol. The quantitative estimate of drug-likeness (QED) is 0.541. The minimum atomic E-state index is -0.192. The third-order valence-electron chi connectivity index (χ3n) is 3.80. The van der Waals surface area contributed by atoms with Gasteiger partial charge in [-0.05, 0) is 18.2 Å². The summed E-state index contributed by atoms with van der Waals surface area (Å²) in [6.07, 6.45) is 1.52. The van der Waals surface area contributed by atoms with Crippen molar-refractivity contribution in [2.24, 2.45) is 0 Å². The second kappa shape index (κ2) is 7.24. The summed E-state index contributed by atoms with van der Waals surface area (Å²) in [5, 5.41) is 33.3. The van der Waals surface area contributed by atoms with E-state index in [0.717, 1.165) is 10.9 Å². The van der Waals surface area contributed by atoms with Gasteiger partial charge in [-0.2, -0.15) is 15.6 Å². The van der Waals surface area contributed by atoms with Crippen molar-refractivity contribution in [1.82, 2.24) is 14.8 Å². The van der Waals surface area contributed by atoms with Crippen LogP contribution in [0.4, 0.5) is 5.82 Å². The van der Waals surface area contributed by atoms with Crippen molar-refractivity contribution in [2.45, 2.75) is 6.54 Å². The second-order valence-corrected chi connectivity index (χ2v) is 5.76. The molecular weight excluding hydrogens is 352 g/mol. The van der Waals surface area contributed by atoms with Crippen LogP contribution in [0.25, 0.3) is 22.6 Å². The molecule has 0 atom stereocenters. The first-order valence-corrected chi connectivity index (χ1v) is 8.01. The van der Waals surface area contributed by atoms with Crippen LogP contribution < -0.4 is 5.73 Å². The molecule has 7 nitrogen and oxygen atoms in total. The molecule has 0 saturated carbocycles. The van der Waals surface area contributed by atoms with Gasteiger partial charge in [0.1, 0.15) is 34.4 Å². The van der Waals surface area contributed by atoms with Gasteiger partial charge < -0.3 is 10.8 Å². The lowest BCUT2D eigenvalue weighted by Crippen LogP contribution is -2.07. The van der Waals surface area contributed by atoms with E-state index in [0.29, 0.717) is 5.56 Å². The van der Waals surface area contributed by atoms with Crippen molar-refractivity contribution >= 4 is 40.0 Å². The average molecular weight is 365 g/mol. The number of aromatic nitrogens is 3. The summed E-state index contributed by atoms with van der Waals surface area (Å²) in [6.45, 7) is -0.0697. The fourth-order valence-corrected chi connectivity index (χ4v) is 2.76. The summed E-state index contributed by atoms with van der Waals surface area (Å²) >= 11 is 6.24. The van der Waals surface area contributed by atoms with Gasteiger partial charge >= 0.3 is 0 Å². The molecule has 26 heavy (non-hydrogen) atoms. The van der Waals surface area contributed by atoms with Gasteiger partial charge in [-0.25, -0.2) is 9.67 Å². The Morgan fingerprint density at radius 2 is 2.12 bits per heavy atom. The smallest absolute Gasteiger partial charge is 0.140 e. The Kier molecular flexibility index (Phi) is 4.85. The number of fused-ring (bicyclic) bond motifs is 1. The molecule has 0 aliphatic rings. The largest absolute Gasteiger partial charge is 0.394 e. The number of rotatable bonds is 4. The highest BCUT2D eigenvalue weighted by molar-refractivity contribution is 6.31. The lowest BCUT2D eigenvalue weighted by molar-refractivity contribution is 0.270. The Morgan fingerprint density at radius 3 is 2.81 bits per heavy atom. The minimum Gasteiger partial charge on any atom is -0.394 e. The first kappa shape index (κ1) is 17.4. The molecule has 3 N–H and O–H groups in total. The molecule has 2 heterocycles. The number of pyridine rings is 1. The second-order valence-electron chi connectivity index (χ2n) is 5.40. The molecule has 3 rings (SSSR count). The molecule has 0 fully saturated rings. The van der Waals surface area contributed by atoms with Gasteiger partial charge in [-0.15, -0.1) is 0 Å². The molecule has 0 spiro atoms. The fourth-order valence-electron chi connectivity index (χ4n) is 2.56. The number of aliphatic hydroxyl groups is 1. The van der Waals surface area contributed by atoms with Crippen molar-refractivity contribution in [3.63, 3.8) is 0 Å². The zero-order chi connectivity index (χ0) is 18.7. The summed E-state index contributed by atoms with van der Waals surface area (Å²) in [5.41, 5.74) is 7.50. The van der Waals surface area contributed by atoms with Crippen LogP contribution in [0.2, 0.25) is 5.15 Å². The van der Waals surface area contributed by atoms with Crippen molar-refractivity contribution < 1.29 is 5.11 Å². The van der Waals surface area contributed by atoms with Gasteiger partial charge in [-0.3, -0.25) is 0 Å². The van der Waals surface area contributed by atoms with Gasteiger partial charge in [0.05, 0.1) is 24.2 Å². The highest BCUT2D eigenvalue weighted by Gasteiger charge is 2.19. The van der Waals surface area contributed by atoms with Crippen LogP contribution in [-0.4, -0.2) is 26.5 Å². The number of allylic oxidation sites excluding steroid dienone is 1. The molecule has 0 unspecified atom stereocenters. The zero-order valence-corrected chi connectivity index (χ0v) is 14.3. The molecule has 0 saturated heterocycles. The van der Waals surface area contributed by atoms with E-state index in [1.807, 2.05) is 42.5 Å². The number of nitrogen functional groups attached to an aromatic ring is 1. The lowest BCUT2D eigenvalue weighted by Gasteiger charge is -2.03. The molecule has 3 aromatic rings. The van der Waals surface area contributed by atoms with Gasteiger partial charge in [-0.1, -0.05) is 29.8 Å². The van der Waals surface area contributed by atoms with E-state index in [1.165, 1.54) is 10.8 Å². The van der Waals surface area contributed by atoms with Crippen LogP contribution in [0.5, 0.6) is 0 Å². The number of para-hydroxylation sites is 1. The molecule has 0 aliphatic heterocycles. The van der Waals surface area contributed by atoms with Gasteiger partial charge in [0, 0.05) is 10.9 Å². The van der Waals surface area contributed by atoms with Crippen molar-refractivity contribution in [2.75, 3.05) is 12.3 Å². The SMILES string of the molecule is N#C/C(=C\c1cc2ccccc2nc1Cl)c1nn(CCO)c(N)c1C#N. The first-order chi connectivity index (χ1) is 12.6. The number of nitrogens with two attached hydrogens (primary N) is 1. The van der Waals surface area contributed by atoms with E-state index in [1.54, 1.807) is 0 Å². The fraction of sp³-hybridized carbons (Fsp3) is 0.111. The van der Waals surface area contributed by atoms with Crippen LogP contribution in [0.1, 0.15) is 16.8 Å². The van der Waals surface area contributed by atoms with Crippen LogP contribution in [-0.2, 0) is 6.54 Å². The van der Waals surface area contributed by atoms with Crippen molar-refractivity contribution in [3.05, 3.63) is 52.3 Å². The number of nitrogens with zero attached hydrogens (tertiary/aromatic N) is 5. The van der Waals surface area contributed by atoms with Crippen LogP contribution in [0.15, 0.2) is 30.3 Å². The highest BCUT2D eigenvalue weighted by Crippen LogP contribution is 2.28. The normalized spacial score (nSPS) is 11.3. The number of aliphatic hydroxyl groups excluding tert-OH is 1. The Hall–Kier alpha value is -3.39. The summed E-state index contributed by atoms with van der Waals surface area (Å²) in [5.74, 6) is 0.0976. The maximum absolute atomic E-state index is 9.56. The van der Waals surface area contributed by atoms with Gasteiger partial charge in [0.15, 0.2) is 0 Å². The number of hydrogen-bond acceptors (Lipinski definition) is 6. The lowest BCUT2D eigenvalue weighted by atomic mass is 10.1. The van der Waals surface area contributed by atoms with Gasteiger partial charge in [0.2, 0.25) is 0 Å². The van der Waals surface area contributed by atoms with E-state index in [9.17, 15) is 10.5 Å². The summed E-state index contributed by atoms with van der Waals surface area (Å²) in [7, 11) is 0.